The monoisotopic (exact) mass is 775 g/mol. The van der Waals surface area contributed by atoms with Crippen molar-refractivity contribution in [3.05, 3.63) is 0 Å². The number of rotatable bonds is 12. The molecule has 55 heavy (non-hydrogen) atoms. The molecule has 0 spiro atoms. The fraction of sp³-hybridized carbons (Fsp3) is 0.955. The van der Waals surface area contributed by atoms with Crippen LogP contribution in [0.5, 0.6) is 0 Å². The molecular weight excluding hydrogens is 698 g/mol. The van der Waals surface area contributed by atoms with Crippen LogP contribution in [-0.4, -0.2) is 110 Å². The van der Waals surface area contributed by atoms with E-state index in [1.165, 1.54) is 19.3 Å². The third-order valence-corrected chi connectivity index (χ3v) is 17.6. The number of ether oxygens (including phenoxy) is 1. The normalized spacial score (nSPS) is 49.9. The van der Waals surface area contributed by atoms with Crippen LogP contribution in [0.4, 0.5) is 0 Å². The molecule has 0 aromatic heterocycles. The van der Waals surface area contributed by atoms with Gasteiger partial charge in [0.25, 0.3) is 0 Å². The molecule has 10 N–H and O–H groups in total. The van der Waals surface area contributed by atoms with Gasteiger partial charge in [-0.25, -0.2) is 0 Å². The standard InChI is InChI=1S/C44H75N3O8/c1-6-7-8-9-10-27-23-55-39(25(27)3)40(52)42(5,53)32-16-18-44(54)35-30(15-17-41(32,44)4)43-20-31(49)37(50)29(34(43)38(51)36(35)47-21-24(2)48)13-12-28(43)19-26-11-14-33(45)46-22-26/h24-35,37,39-40,46,48-50,52-54H,6-23,45H2,1-5H3/p+1. The number of fused-ring (bicyclic) bond motifs is 3. The fourth-order valence-corrected chi connectivity index (χ4v) is 14.7. The van der Waals surface area contributed by atoms with Crippen molar-refractivity contribution < 1.29 is 45.5 Å². The number of carbonyl (C=O) groups is 1. The lowest BCUT2D eigenvalue weighted by atomic mass is 9.35. The van der Waals surface area contributed by atoms with Crippen LogP contribution in [0.2, 0.25) is 0 Å². The summed E-state index contributed by atoms with van der Waals surface area (Å²) in [4.78, 5) is 20.2. The second-order valence-electron chi connectivity index (χ2n) is 20.5. The molecule has 5 aliphatic carbocycles. The molecule has 2 bridgehead atoms. The molecule has 5 saturated carbocycles. The van der Waals surface area contributed by atoms with E-state index in [1.54, 1.807) is 13.8 Å². The Bertz CT molecular complexity index is 1400. The molecule has 2 aliphatic heterocycles. The van der Waals surface area contributed by atoms with Gasteiger partial charge in [0.05, 0.1) is 61.0 Å². The lowest BCUT2D eigenvalue weighted by molar-refractivity contribution is -0.703. The highest BCUT2D eigenvalue weighted by Crippen LogP contribution is 2.73. The maximum atomic E-state index is 15.3. The van der Waals surface area contributed by atoms with Crippen molar-refractivity contribution in [2.24, 2.45) is 74.8 Å². The number of carbonyl (C=O) groups excluding carboxylic acids is 1. The van der Waals surface area contributed by atoms with E-state index >= 15 is 4.79 Å². The highest BCUT2D eigenvalue weighted by atomic mass is 16.5. The second kappa shape index (κ2) is 15.9. The van der Waals surface area contributed by atoms with E-state index < -0.39 is 76.2 Å². The number of nitrogens with two attached hydrogens (primary N) is 2. The maximum Gasteiger partial charge on any atom is 0.181 e. The second-order valence-corrected chi connectivity index (χ2v) is 20.5. The van der Waals surface area contributed by atoms with E-state index in [2.05, 4.69) is 26.1 Å². The molecule has 7 rings (SSSR count). The van der Waals surface area contributed by atoms with Gasteiger partial charge >= 0.3 is 0 Å². The average Bonchev–Trinajstić information content (AvgIpc) is 3.65. The number of quaternary nitrogens is 1. The molecular formula is C44H76N3O8+. The summed E-state index contributed by atoms with van der Waals surface area (Å²) in [6.07, 6.45) is 8.26. The zero-order valence-electron chi connectivity index (χ0n) is 34.5. The summed E-state index contributed by atoms with van der Waals surface area (Å²) in [5.41, 5.74) is 2.12. The molecule has 2 saturated heterocycles. The zero-order valence-corrected chi connectivity index (χ0v) is 34.5. The van der Waals surface area contributed by atoms with Crippen LogP contribution < -0.4 is 11.1 Å². The first-order valence-electron chi connectivity index (χ1n) is 22.5. The maximum absolute atomic E-state index is 15.3. The van der Waals surface area contributed by atoms with E-state index in [9.17, 15) is 30.6 Å². The predicted molar refractivity (Wildman–Crippen MR) is 210 cm³/mol. The summed E-state index contributed by atoms with van der Waals surface area (Å²) in [6, 6.07) is 0. The summed E-state index contributed by atoms with van der Waals surface area (Å²) in [5, 5.41) is 74.0. The van der Waals surface area contributed by atoms with Crippen molar-refractivity contribution in [1.82, 2.24) is 0 Å². The molecule has 7 aliphatic rings. The van der Waals surface area contributed by atoms with Crippen molar-refractivity contribution in [2.75, 3.05) is 19.7 Å². The smallest absolute Gasteiger partial charge is 0.181 e. The van der Waals surface area contributed by atoms with E-state index in [0.717, 1.165) is 45.1 Å². The minimum Gasteiger partial charge on any atom is -0.391 e. The molecule has 0 aromatic carbocycles. The highest BCUT2D eigenvalue weighted by Gasteiger charge is 2.76. The molecule has 11 heteroatoms. The Morgan fingerprint density at radius 3 is 2.51 bits per heavy atom. The van der Waals surface area contributed by atoms with Gasteiger partial charge in [-0.3, -0.25) is 15.5 Å². The lowest BCUT2D eigenvalue weighted by Crippen LogP contribution is -2.95. The van der Waals surface area contributed by atoms with Gasteiger partial charge in [0.15, 0.2) is 5.78 Å². The van der Waals surface area contributed by atoms with Gasteiger partial charge in [0.1, 0.15) is 12.3 Å². The summed E-state index contributed by atoms with van der Waals surface area (Å²) in [5.74, 6) is -1.38. The molecule has 19 atom stereocenters. The first-order valence-corrected chi connectivity index (χ1v) is 22.5. The van der Waals surface area contributed by atoms with Crippen molar-refractivity contribution in [3.63, 3.8) is 0 Å². The Labute approximate surface area is 329 Å². The molecule has 11 nitrogen and oxygen atoms in total. The number of hydrogen-bond acceptors (Lipinski definition) is 10. The first-order chi connectivity index (χ1) is 26.0. The SMILES string of the molecule is CCCCCCC1COC(C(O)C(C)(O)C2CCC3(O)C4C(=NCC(C)O)C(=O)C5C6CCC(CC7CCC(N)[NH2+]C7)C5(CC(O)C6O)C4CCC23C)C1C. The Balaban J connectivity index is 1.23. The molecule has 0 radical (unpaired) electrons. The minimum absolute atomic E-state index is 0.0324. The summed E-state index contributed by atoms with van der Waals surface area (Å²) < 4.78 is 6.30. The number of hydrogen-bond donors (Lipinski definition) is 8. The van der Waals surface area contributed by atoms with Crippen molar-refractivity contribution in [2.45, 2.75) is 179 Å². The van der Waals surface area contributed by atoms with E-state index in [1.807, 2.05) is 0 Å². The number of piperidine rings is 1. The van der Waals surface area contributed by atoms with Gasteiger partial charge in [-0.2, -0.15) is 0 Å². The summed E-state index contributed by atoms with van der Waals surface area (Å²) >= 11 is 0. The summed E-state index contributed by atoms with van der Waals surface area (Å²) in [6.45, 7) is 11.3. The Morgan fingerprint density at radius 2 is 1.82 bits per heavy atom. The largest absolute Gasteiger partial charge is 0.391 e. The van der Waals surface area contributed by atoms with Gasteiger partial charge in [-0.15, -0.1) is 0 Å². The lowest BCUT2D eigenvalue weighted by Gasteiger charge is -2.69. The van der Waals surface area contributed by atoms with Gasteiger partial charge in [-0.1, -0.05) is 46.5 Å². The molecule has 7 fully saturated rings. The van der Waals surface area contributed by atoms with Crippen LogP contribution in [-0.2, 0) is 9.53 Å². The fourth-order valence-electron chi connectivity index (χ4n) is 14.7. The molecule has 2 heterocycles. The van der Waals surface area contributed by atoms with Gasteiger partial charge in [0.2, 0.25) is 0 Å². The number of aliphatic hydroxyl groups is 6. The number of aliphatic imine (C=N–C) groups is 1. The third kappa shape index (κ3) is 6.83. The third-order valence-electron chi connectivity index (χ3n) is 17.6. The molecule has 19 unspecified atom stereocenters. The number of Topliss-reactive ketones (excluding diaryl/α,β-unsaturated/α-hetero) is 1. The Morgan fingerprint density at radius 1 is 1.05 bits per heavy atom. The van der Waals surface area contributed by atoms with E-state index in [0.29, 0.717) is 62.7 Å². The molecule has 0 aromatic rings. The summed E-state index contributed by atoms with van der Waals surface area (Å²) in [7, 11) is 0. The number of ketones is 1. The van der Waals surface area contributed by atoms with Crippen LogP contribution in [0.1, 0.15) is 131 Å². The average molecular weight is 775 g/mol. The van der Waals surface area contributed by atoms with Crippen LogP contribution in [0, 0.1) is 64.1 Å². The van der Waals surface area contributed by atoms with Gasteiger partial charge < -0.3 is 40.7 Å². The van der Waals surface area contributed by atoms with Crippen molar-refractivity contribution >= 4 is 11.5 Å². The van der Waals surface area contributed by atoms with E-state index in [4.69, 9.17) is 15.5 Å². The predicted octanol–water partition coefficient (Wildman–Crippen LogP) is 2.70. The van der Waals surface area contributed by atoms with Crippen LogP contribution >= 0.6 is 0 Å². The number of aliphatic hydroxyl groups excluding tert-OH is 4. The van der Waals surface area contributed by atoms with Crippen molar-refractivity contribution in [1.29, 1.82) is 0 Å². The van der Waals surface area contributed by atoms with Crippen molar-refractivity contribution in [3.8, 4) is 0 Å². The minimum atomic E-state index is -1.57. The first kappa shape index (κ1) is 42.1. The van der Waals surface area contributed by atoms with Crippen LogP contribution in [0.3, 0.4) is 0 Å². The topological polar surface area (TPSA) is 203 Å². The molecule has 0 amide bonds. The Hall–Kier alpha value is -1.02. The highest BCUT2D eigenvalue weighted by molar-refractivity contribution is 6.42. The molecule has 314 valence electrons. The van der Waals surface area contributed by atoms with Crippen LogP contribution in [0.15, 0.2) is 4.99 Å². The van der Waals surface area contributed by atoms with Gasteiger partial charge in [-0.05, 0) is 119 Å². The van der Waals surface area contributed by atoms with Gasteiger partial charge in [0, 0.05) is 29.6 Å². The quantitative estimate of drug-likeness (QED) is 0.137. The van der Waals surface area contributed by atoms with Crippen LogP contribution in [0.25, 0.3) is 0 Å². The zero-order chi connectivity index (χ0) is 39.7. The number of nitrogens with zero attached hydrogens (tertiary/aromatic N) is 1. The van der Waals surface area contributed by atoms with E-state index in [-0.39, 0.29) is 36.2 Å². The number of unbranched alkanes of at least 4 members (excludes halogenated alkanes) is 3. The Kier molecular flexibility index (Phi) is 12.2.